The van der Waals surface area contributed by atoms with E-state index in [0.717, 1.165) is 22.4 Å². The molecule has 2 amide bonds. The number of hydrogen-bond donors (Lipinski definition) is 1. The number of aromatic nitrogens is 1. The van der Waals surface area contributed by atoms with Crippen molar-refractivity contribution in [3.8, 4) is 5.75 Å². The number of carbonyl (C=O) groups excluding carboxylic acids is 2. The lowest BCUT2D eigenvalue weighted by Gasteiger charge is -2.31. The van der Waals surface area contributed by atoms with Crippen LogP contribution < -0.4 is 10.1 Å². The van der Waals surface area contributed by atoms with Gasteiger partial charge in [0, 0.05) is 45.6 Å². The smallest absolute Gasteiger partial charge is 0.247 e. The average Bonchev–Trinajstić information content (AvgIpc) is 2.91. The summed E-state index contributed by atoms with van der Waals surface area (Å²) in [5.41, 5.74) is 2.75. The first-order chi connectivity index (χ1) is 17.1. The Kier molecular flexibility index (Phi) is 10.3. The van der Waals surface area contributed by atoms with E-state index in [4.69, 9.17) is 9.47 Å². The van der Waals surface area contributed by atoms with E-state index in [1.807, 2.05) is 54.6 Å². The second-order valence-electron chi connectivity index (χ2n) is 8.17. The lowest BCUT2D eigenvalue weighted by Crippen LogP contribution is -2.44. The molecule has 3 rings (SSSR count). The van der Waals surface area contributed by atoms with Gasteiger partial charge in [-0.2, -0.15) is 0 Å². The Bertz CT molecular complexity index is 1040. The van der Waals surface area contributed by atoms with Gasteiger partial charge in [0.1, 0.15) is 11.8 Å². The number of rotatable bonds is 13. The predicted molar refractivity (Wildman–Crippen MR) is 135 cm³/mol. The van der Waals surface area contributed by atoms with Crippen LogP contribution in [0, 0.1) is 0 Å². The molecule has 1 unspecified atom stereocenters. The SMILES string of the molecule is COCCCN(C(=O)CCc1ccc(OC)cc1)C(C(=O)NCc1ccccc1)c1ccncc1. The van der Waals surface area contributed by atoms with Gasteiger partial charge in [0.25, 0.3) is 0 Å². The molecule has 1 N–H and O–H groups in total. The van der Waals surface area contributed by atoms with Crippen LogP contribution in [0.5, 0.6) is 5.75 Å². The van der Waals surface area contributed by atoms with Crippen LogP contribution in [-0.4, -0.2) is 49.1 Å². The molecule has 0 saturated carbocycles. The van der Waals surface area contributed by atoms with Crippen molar-refractivity contribution in [2.24, 2.45) is 0 Å². The maximum absolute atomic E-state index is 13.5. The molecule has 35 heavy (non-hydrogen) atoms. The summed E-state index contributed by atoms with van der Waals surface area (Å²) in [4.78, 5) is 32.7. The van der Waals surface area contributed by atoms with Crippen LogP contribution in [0.1, 0.15) is 35.6 Å². The Morgan fingerprint density at radius 1 is 0.943 bits per heavy atom. The molecule has 0 aliphatic heterocycles. The van der Waals surface area contributed by atoms with E-state index in [9.17, 15) is 9.59 Å². The lowest BCUT2D eigenvalue weighted by atomic mass is 10.0. The topological polar surface area (TPSA) is 80.8 Å². The minimum absolute atomic E-state index is 0.0893. The molecule has 0 spiro atoms. The average molecular weight is 476 g/mol. The number of benzene rings is 2. The molecule has 0 saturated heterocycles. The van der Waals surface area contributed by atoms with Crippen molar-refractivity contribution in [2.45, 2.75) is 31.8 Å². The van der Waals surface area contributed by atoms with Crippen LogP contribution in [0.3, 0.4) is 0 Å². The van der Waals surface area contributed by atoms with Crippen molar-refractivity contribution in [2.75, 3.05) is 27.4 Å². The molecule has 1 aromatic heterocycles. The minimum atomic E-state index is -0.762. The first kappa shape index (κ1) is 25.9. The number of carbonyl (C=O) groups is 2. The van der Waals surface area contributed by atoms with E-state index in [2.05, 4.69) is 10.3 Å². The lowest BCUT2D eigenvalue weighted by molar-refractivity contribution is -0.141. The van der Waals surface area contributed by atoms with Gasteiger partial charge in [-0.05, 0) is 53.8 Å². The van der Waals surface area contributed by atoms with Gasteiger partial charge in [0.05, 0.1) is 7.11 Å². The summed E-state index contributed by atoms with van der Waals surface area (Å²) in [7, 11) is 3.25. The molecular formula is C28H33N3O4. The van der Waals surface area contributed by atoms with Gasteiger partial charge in [0.15, 0.2) is 0 Å². The summed E-state index contributed by atoms with van der Waals surface area (Å²) in [6.07, 6.45) is 4.76. The number of nitrogens with zero attached hydrogens (tertiary/aromatic N) is 2. The van der Waals surface area contributed by atoms with Gasteiger partial charge in [-0.1, -0.05) is 42.5 Å². The van der Waals surface area contributed by atoms with Crippen LogP contribution in [0.2, 0.25) is 0 Å². The van der Waals surface area contributed by atoms with Gasteiger partial charge in [-0.25, -0.2) is 0 Å². The molecular weight excluding hydrogens is 442 g/mol. The van der Waals surface area contributed by atoms with Crippen molar-refractivity contribution in [3.05, 3.63) is 95.8 Å². The normalized spacial score (nSPS) is 11.5. The van der Waals surface area contributed by atoms with Crippen LogP contribution in [-0.2, 0) is 27.3 Å². The van der Waals surface area contributed by atoms with Crippen molar-refractivity contribution in [1.29, 1.82) is 0 Å². The summed E-state index contributed by atoms with van der Waals surface area (Å²) >= 11 is 0. The summed E-state index contributed by atoms with van der Waals surface area (Å²) in [6.45, 7) is 1.28. The zero-order valence-electron chi connectivity index (χ0n) is 20.4. The highest BCUT2D eigenvalue weighted by Gasteiger charge is 2.30. The monoisotopic (exact) mass is 475 g/mol. The number of nitrogens with one attached hydrogen (secondary N) is 1. The maximum atomic E-state index is 13.5. The first-order valence-corrected chi connectivity index (χ1v) is 11.7. The van der Waals surface area contributed by atoms with Crippen molar-refractivity contribution < 1.29 is 19.1 Å². The Labute approximate surface area is 207 Å². The molecule has 3 aromatic rings. The zero-order valence-corrected chi connectivity index (χ0v) is 20.4. The summed E-state index contributed by atoms with van der Waals surface area (Å²) in [5, 5.41) is 3.01. The molecule has 184 valence electrons. The fourth-order valence-electron chi connectivity index (χ4n) is 3.86. The number of amides is 2. The Morgan fingerprint density at radius 3 is 2.31 bits per heavy atom. The van der Waals surface area contributed by atoms with Crippen LogP contribution in [0.4, 0.5) is 0 Å². The predicted octanol–water partition coefficient (Wildman–Crippen LogP) is 3.95. The van der Waals surface area contributed by atoms with E-state index in [1.54, 1.807) is 43.6 Å². The van der Waals surface area contributed by atoms with E-state index in [0.29, 0.717) is 32.5 Å². The molecule has 1 heterocycles. The van der Waals surface area contributed by atoms with Gasteiger partial charge < -0.3 is 19.7 Å². The molecule has 0 fully saturated rings. The number of ether oxygens (including phenoxy) is 2. The summed E-state index contributed by atoms with van der Waals surface area (Å²) in [6, 6.07) is 20.2. The van der Waals surface area contributed by atoms with Crippen LogP contribution in [0.25, 0.3) is 0 Å². The molecule has 0 aliphatic rings. The Balaban J connectivity index is 1.79. The number of aryl methyl sites for hydroxylation is 1. The van der Waals surface area contributed by atoms with Gasteiger partial charge >= 0.3 is 0 Å². The molecule has 7 nitrogen and oxygen atoms in total. The highest BCUT2D eigenvalue weighted by Crippen LogP contribution is 2.23. The third-order valence-electron chi connectivity index (χ3n) is 5.75. The molecule has 0 aliphatic carbocycles. The zero-order chi connectivity index (χ0) is 24.9. The largest absolute Gasteiger partial charge is 0.497 e. The third kappa shape index (κ3) is 7.93. The fraction of sp³-hybridized carbons (Fsp3) is 0.321. The van der Waals surface area contributed by atoms with E-state index in [1.165, 1.54) is 0 Å². The molecule has 2 aromatic carbocycles. The highest BCUT2D eigenvalue weighted by molar-refractivity contribution is 5.88. The first-order valence-electron chi connectivity index (χ1n) is 11.7. The molecule has 7 heteroatoms. The van der Waals surface area contributed by atoms with Crippen molar-refractivity contribution in [3.63, 3.8) is 0 Å². The van der Waals surface area contributed by atoms with Gasteiger partial charge in [-0.3, -0.25) is 14.6 Å². The molecule has 0 radical (unpaired) electrons. The van der Waals surface area contributed by atoms with Crippen molar-refractivity contribution in [1.82, 2.24) is 15.2 Å². The second-order valence-corrected chi connectivity index (χ2v) is 8.17. The number of pyridine rings is 1. The summed E-state index contributed by atoms with van der Waals surface area (Å²) < 4.78 is 10.4. The number of methoxy groups -OCH3 is 2. The summed E-state index contributed by atoms with van der Waals surface area (Å²) in [5.74, 6) is 0.456. The second kappa shape index (κ2) is 13.9. The standard InChI is InChI=1S/C28H33N3O4/c1-34-20-6-19-31(26(32)14-11-22-9-12-25(35-2)13-10-22)27(24-15-17-29-18-16-24)28(33)30-21-23-7-4-3-5-8-23/h3-5,7-10,12-13,15-18,27H,6,11,14,19-21H2,1-2H3,(H,30,33). The van der Waals surface area contributed by atoms with Gasteiger partial charge in [0.2, 0.25) is 11.8 Å². The van der Waals surface area contributed by atoms with Crippen molar-refractivity contribution >= 4 is 11.8 Å². The molecule has 1 atom stereocenters. The molecule has 0 bridgehead atoms. The Hall–Kier alpha value is -3.71. The Morgan fingerprint density at radius 2 is 1.66 bits per heavy atom. The quantitative estimate of drug-likeness (QED) is 0.379. The van der Waals surface area contributed by atoms with Gasteiger partial charge in [-0.15, -0.1) is 0 Å². The van der Waals surface area contributed by atoms with Crippen LogP contribution in [0.15, 0.2) is 79.1 Å². The third-order valence-corrected chi connectivity index (χ3v) is 5.75. The number of hydrogen-bond acceptors (Lipinski definition) is 5. The van der Waals surface area contributed by atoms with E-state index >= 15 is 0 Å². The maximum Gasteiger partial charge on any atom is 0.247 e. The fourth-order valence-corrected chi connectivity index (χ4v) is 3.86. The van der Waals surface area contributed by atoms with E-state index in [-0.39, 0.29) is 18.2 Å². The minimum Gasteiger partial charge on any atom is -0.497 e. The highest BCUT2D eigenvalue weighted by atomic mass is 16.5. The van der Waals surface area contributed by atoms with Crippen LogP contribution >= 0.6 is 0 Å². The van der Waals surface area contributed by atoms with E-state index < -0.39 is 6.04 Å².